The third-order valence-corrected chi connectivity index (χ3v) is 3.64. The van der Waals surface area contributed by atoms with Crippen LogP contribution < -0.4 is 5.32 Å². The molecule has 5 heteroatoms. The van der Waals surface area contributed by atoms with Gasteiger partial charge in [0.25, 0.3) is 0 Å². The molecule has 3 nitrogen and oxygen atoms in total. The summed E-state index contributed by atoms with van der Waals surface area (Å²) in [4.78, 5) is 12.8. The van der Waals surface area contributed by atoms with Crippen molar-refractivity contribution < 1.29 is 9.53 Å². The van der Waals surface area contributed by atoms with E-state index in [0.29, 0.717) is 6.54 Å². The van der Waals surface area contributed by atoms with Crippen LogP contribution in [0.5, 0.6) is 0 Å². The Kier molecular flexibility index (Phi) is 4.98. The molecule has 0 unspecified atom stereocenters. The molecule has 1 atom stereocenters. The lowest BCUT2D eigenvalue weighted by Crippen LogP contribution is -2.46. The third kappa shape index (κ3) is 4.30. The van der Waals surface area contributed by atoms with Crippen LogP contribution in [0.1, 0.15) is 25.6 Å². The van der Waals surface area contributed by atoms with Gasteiger partial charge in [-0.25, -0.2) is 0 Å². The topological polar surface area (TPSA) is 38.3 Å². The van der Waals surface area contributed by atoms with Crippen molar-refractivity contribution in [1.82, 2.24) is 5.32 Å². The highest BCUT2D eigenvalue weighted by Crippen LogP contribution is 2.24. The van der Waals surface area contributed by atoms with E-state index in [1.807, 2.05) is 32.9 Å². The number of carbonyl (C=O) groups is 1. The molecule has 0 aromatic carbocycles. The first-order valence-electron chi connectivity index (χ1n) is 5.40. The summed E-state index contributed by atoms with van der Waals surface area (Å²) in [6, 6.07) is 3.48. The predicted molar refractivity (Wildman–Crippen MR) is 71.4 cm³/mol. The molecule has 1 aromatic heterocycles. The number of ether oxygens (including phenoxy) is 1. The zero-order valence-electron chi connectivity index (χ0n) is 10.5. The van der Waals surface area contributed by atoms with E-state index < -0.39 is 0 Å². The van der Waals surface area contributed by atoms with Crippen molar-refractivity contribution >= 4 is 28.9 Å². The average molecular weight is 276 g/mol. The summed E-state index contributed by atoms with van der Waals surface area (Å²) in [6.45, 7) is 6.63. The fraction of sp³-hybridized carbons (Fsp3) is 0.583. The van der Waals surface area contributed by atoms with Crippen molar-refractivity contribution in [2.75, 3.05) is 7.11 Å². The van der Waals surface area contributed by atoms with Crippen LogP contribution in [0.15, 0.2) is 12.1 Å². The van der Waals surface area contributed by atoms with Gasteiger partial charge in [-0.3, -0.25) is 10.1 Å². The zero-order chi connectivity index (χ0) is 13.1. The smallest absolute Gasteiger partial charge is 0.323 e. The van der Waals surface area contributed by atoms with Gasteiger partial charge >= 0.3 is 5.97 Å². The molecule has 1 heterocycles. The Bertz CT molecular complexity index is 384. The molecule has 96 valence electrons. The minimum absolute atomic E-state index is 0.186. The number of hydrogen-bond donors (Lipinski definition) is 1. The first kappa shape index (κ1) is 14.5. The molecule has 17 heavy (non-hydrogen) atoms. The first-order chi connectivity index (χ1) is 7.84. The predicted octanol–water partition coefficient (Wildman–Crippen LogP) is 3.08. The van der Waals surface area contributed by atoms with Crippen molar-refractivity contribution in [3.05, 3.63) is 21.3 Å². The van der Waals surface area contributed by atoms with E-state index in [9.17, 15) is 4.79 Å². The quantitative estimate of drug-likeness (QED) is 0.858. The van der Waals surface area contributed by atoms with Crippen molar-refractivity contribution in [3.8, 4) is 0 Å². The fourth-order valence-corrected chi connectivity index (χ4v) is 2.55. The van der Waals surface area contributed by atoms with Crippen molar-refractivity contribution in [2.24, 2.45) is 5.41 Å². The highest BCUT2D eigenvalue weighted by atomic mass is 35.5. The molecule has 0 aliphatic heterocycles. The van der Waals surface area contributed by atoms with Crippen molar-refractivity contribution in [2.45, 2.75) is 33.4 Å². The van der Waals surface area contributed by atoms with Crippen LogP contribution in [0.4, 0.5) is 0 Å². The molecule has 0 amide bonds. The summed E-state index contributed by atoms with van der Waals surface area (Å²) in [5.74, 6) is -0.236. The summed E-state index contributed by atoms with van der Waals surface area (Å²) in [6.07, 6.45) is 0. The molecule has 0 saturated carbocycles. The number of nitrogens with one attached hydrogen (secondary N) is 1. The number of methoxy groups -OCH3 is 1. The van der Waals surface area contributed by atoms with E-state index >= 15 is 0 Å². The minimum Gasteiger partial charge on any atom is -0.468 e. The van der Waals surface area contributed by atoms with Gasteiger partial charge in [-0.2, -0.15) is 0 Å². The highest BCUT2D eigenvalue weighted by Gasteiger charge is 2.31. The molecule has 0 aliphatic rings. The van der Waals surface area contributed by atoms with Crippen LogP contribution in [0.25, 0.3) is 0 Å². The van der Waals surface area contributed by atoms with Crippen LogP contribution in [-0.2, 0) is 16.1 Å². The maximum atomic E-state index is 11.7. The van der Waals surface area contributed by atoms with Gasteiger partial charge in [0.2, 0.25) is 0 Å². The molecular formula is C12H18ClNO2S. The van der Waals surface area contributed by atoms with E-state index in [1.165, 1.54) is 18.4 Å². The monoisotopic (exact) mass is 275 g/mol. The van der Waals surface area contributed by atoms with Crippen LogP contribution >= 0.6 is 22.9 Å². The van der Waals surface area contributed by atoms with E-state index in [2.05, 4.69) is 5.32 Å². The number of hydrogen-bond acceptors (Lipinski definition) is 4. The maximum absolute atomic E-state index is 11.7. The number of halogens is 1. The van der Waals surface area contributed by atoms with Gasteiger partial charge in [0.05, 0.1) is 11.4 Å². The lowest BCUT2D eigenvalue weighted by molar-refractivity contribution is -0.146. The Balaban J connectivity index is 2.65. The van der Waals surface area contributed by atoms with Crippen LogP contribution in [0, 0.1) is 5.41 Å². The van der Waals surface area contributed by atoms with Crippen molar-refractivity contribution in [3.63, 3.8) is 0 Å². The number of esters is 1. The van der Waals surface area contributed by atoms with E-state index in [-0.39, 0.29) is 17.4 Å². The first-order valence-corrected chi connectivity index (χ1v) is 6.59. The summed E-state index contributed by atoms with van der Waals surface area (Å²) >= 11 is 7.37. The van der Waals surface area contributed by atoms with Crippen LogP contribution in [0.2, 0.25) is 4.34 Å². The van der Waals surface area contributed by atoms with Gasteiger partial charge in [0.1, 0.15) is 6.04 Å². The molecule has 0 aliphatic carbocycles. The Morgan fingerprint density at radius 3 is 2.59 bits per heavy atom. The number of thiophene rings is 1. The maximum Gasteiger partial charge on any atom is 0.323 e. The molecule has 0 fully saturated rings. The lowest BCUT2D eigenvalue weighted by Gasteiger charge is -2.29. The van der Waals surface area contributed by atoms with Gasteiger partial charge in [-0.05, 0) is 17.5 Å². The third-order valence-electron chi connectivity index (χ3n) is 2.41. The molecule has 0 saturated heterocycles. The minimum atomic E-state index is -0.326. The number of rotatable bonds is 4. The van der Waals surface area contributed by atoms with Gasteiger partial charge in [-0.1, -0.05) is 32.4 Å². The normalized spacial score (nSPS) is 13.5. The fourth-order valence-electron chi connectivity index (χ4n) is 1.51. The van der Waals surface area contributed by atoms with E-state index in [1.54, 1.807) is 0 Å². The molecule has 0 bridgehead atoms. The summed E-state index contributed by atoms with van der Waals surface area (Å²) in [7, 11) is 1.41. The molecule has 1 N–H and O–H groups in total. The standard InChI is InChI=1S/C12H18ClNO2S/c1-12(2,3)10(11(15)16-4)14-7-8-5-6-9(13)17-8/h5-6,10,14H,7H2,1-4H3/t10-/m0/s1. The molecule has 1 aromatic rings. The van der Waals surface area contributed by atoms with Crippen LogP contribution in [-0.4, -0.2) is 19.1 Å². The van der Waals surface area contributed by atoms with E-state index in [0.717, 1.165) is 9.21 Å². The second-order valence-electron chi connectivity index (χ2n) is 4.91. The summed E-state index contributed by atoms with van der Waals surface area (Å²) in [5, 5.41) is 3.22. The molecular weight excluding hydrogens is 258 g/mol. The van der Waals surface area contributed by atoms with Gasteiger partial charge < -0.3 is 4.74 Å². The highest BCUT2D eigenvalue weighted by molar-refractivity contribution is 7.16. The zero-order valence-corrected chi connectivity index (χ0v) is 12.1. The van der Waals surface area contributed by atoms with E-state index in [4.69, 9.17) is 16.3 Å². The Hall–Kier alpha value is -0.580. The average Bonchev–Trinajstić information content (AvgIpc) is 2.62. The molecule has 0 spiro atoms. The van der Waals surface area contributed by atoms with Gasteiger partial charge in [-0.15, -0.1) is 11.3 Å². The Labute approximate surface area is 111 Å². The largest absolute Gasteiger partial charge is 0.468 e. The summed E-state index contributed by atoms with van der Waals surface area (Å²) < 4.78 is 5.57. The molecule has 1 rings (SSSR count). The van der Waals surface area contributed by atoms with Crippen molar-refractivity contribution in [1.29, 1.82) is 0 Å². The van der Waals surface area contributed by atoms with Gasteiger partial charge in [0.15, 0.2) is 0 Å². The Morgan fingerprint density at radius 2 is 2.18 bits per heavy atom. The van der Waals surface area contributed by atoms with Gasteiger partial charge in [0, 0.05) is 11.4 Å². The second-order valence-corrected chi connectivity index (χ2v) is 6.71. The number of carbonyl (C=O) groups excluding carboxylic acids is 1. The lowest BCUT2D eigenvalue weighted by atomic mass is 9.87. The summed E-state index contributed by atoms with van der Waals surface area (Å²) in [5.41, 5.74) is -0.186. The molecule has 0 radical (unpaired) electrons. The Morgan fingerprint density at radius 1 is 1.53 bits per heavy atom. The second kappa shape index (κ2) is 5.85. The SMILES string of the molecule is COC(=O)[C@H](NCc1ccc(Cl)s1)C(C)(C)C. The van der Waals surface area contributed by atoms with Crippen LogP contribution in [0.3, 0.4) is 0 Å².